The smallest absolute Gasteiger partial charge is 0.302 e. The van der Waals surface area contributed by atoms with E-state index < -0.39 is 17.8 Å². The molecule has 7 heteroatoms. The van der Waals surface area contributed by atoms with Crippen molar-refractivity contribution in [3.63, 3.8) is 0 Å². The standard InChI is InChI=1S/C23H26N2O5/c1-16(2)30-20-11-9-18(10-12-20)15-21(23(28)24-13-14-29-17(3)26)25-22(27)19-7-5-4-6-8-19/h4-12,15-16H,13-14H2,1-3H3,(H,24,28)(H,25,27). The van der Waals surface area contributed by atoms with Gasteiger partial charge in [0.15, 0.2) is 0 Å². The van der Waals surface area contributed by atoms with Crippen molar-refractivity contribution in [1.82, 2.24) is 10.6 Å². The number of ether oxygens (including phenoxy) is 2. The van der Waals surface area contributed by atoms with Gasteiger partial charge >= 0.3 is 5.97 Å². The number of carbonyl (C=O) groups is 3. The Morgan fingerprint density at radius 2 is 1.67 bits per heavy atom. The van der Waals surface area contributed by atoms with Crippen molar-refractivity contribution in [2.24, 2.45) is 0 Å². The van der Waals surface area contributed by atoms with E-state index in [1.165, 1.54) is 6.92 Å². The molecular formula is C23H26N2O5. The zero-order chi connectivity index (χ0) is 21.9. The molecule has 0 radical (unpaired) electrons. The number of amides is 2. The number of hydrogen-bond acceptors (Lipinski definition) is 5. The maximum absolute atomic E-state index is 12.6. The van der Waals surface area contributed by atoms with Crippen LogP contribution in [-0.4, -0.2) is 37.0 Å². The third kappa shape index (κ3) is 7.79. The fraction of sp³-hybridized carbons (Fsp3) is 0.261. The first kappa shape index (κ1) is 22.7. The Bertz CT molecular complexity index is 890. The predicted molar refractivity (Wildman–Crippen MR) is 114 cm³/mol. The molecule has 0 aliphatic heterocycles. The lowest BCUT2D eigenvalue weighted by Crippen LogP contribution is -2.36. The molecule has 2 rings (SSSR count). The van der Waals surface area contributed by atoms with Crippen LogP contribution in [0.25, 0.3) is 6.08 Å². The number of nitrogens with one attached hydrogen (secondary N) is 2. The molecule has 2 aromatic rings. The molecule has 7 nitrogen and oxygen atoms in total. The maximum Gasteiger partial charge on any atom is 0.302 e. The molecule has 2 N–H and O–H groups in total. The Morgan fingerprint density at radius 3 is 2.27 bits per heavy atom. The van der Waals surface area contributed by atoms with Crippen LogP contribution in [0, 0.1) is 0 Å². The quantitative estimate of drug-likeness (QED) is 0.377. The topological polar surface area (TPSA) is 93.7 Å². The van der Waals surface area contributed by atoms with Gasteiger partial charge in [0.1, 0.15) is 18.1 Å². The highest BCUT2D eigenvalue weighted by Crippen LogP contribution is 2.16. The summed E-state index contributed by atoms with van der Waals surface area (Å²) in [5.74, 6) is -0.616. The summed E-state index contributed by atoms with van der Waals surface area (Å²) in [6.07, 6.45) is 1.62. The van der Waals surface area contributed by atoms with Crippen molar-refractivity contribution >= 4 is 23.9 Å². The Balaban J connectivity index is 2.16. The highest BCUT2D eigenvalue weighted by atomic mass is 16.5. The van der Waals surface area contributed by atoms with Crippen LogP contribution in [0.3, 0.4) is 0 Å². The number of carbonyl (C=O) groups excluding carboxylic acids is 3. The average Bonchev–Trinajstić information content (AvgIpc) is 2.72. The van der Waals surface area contributed by atoms with Crippen molar-refractivity contribution in [2.75, 3.05) is 13.2 Å². The van der Waals surface area contributed by atoms with Crippen LogP contribution >= 0.6 is 0 Å². The minimum absolute atomic E-state index is 0.0439. The molecule has 0 saturated heterocycles. The summed E-state index contributed by atoms with van der Waals surface area (Å²) in [7, 11) is 0. The van der Waals surface area contributed by atoms with E-state index >= 15 is 0 Å². The molecule has 0 aromatic heterocycles. The predicted octanol–water partition coefficient (Wildman–Crippen LogP) is 2.92. The highest BCUT2D eigenvalue weighted by molar-refractivity contribution is 6.05. The molecule has 158 valence electrons. The van der Waals surface area contributed by atoms with Crippen LogP contribution in [0.1, 0.15) is 36.7 Å². The molecule has 2 aromatic carbocycles. The summed E-state index contributed by atoms with van der Waals surface area (Å²) < 4.78 is 10.4. The van der Waals surface area contributed by atoms with E-state index in [2.05, 4.69) is 10.6 Å². The van der Waals surface area contributed by atoms with Crippen molar-refractivity contribution < 1.29 is 23.9 Å². The lowest BCUT2D eigenvalue weighted by Gasteiger charge is -2.12. The van der Waals surface area contributed by atoms with Gasteiger partial charge in [-0.3, -0.25) is 14.4 Å². The van der Waals surface area contributed by atoms with Crippen LogP contribution in [0.2, 0.25) is 0 Å². The van der Waals surface area contributed by atoms with Gasteiger partial charge in [0.25, 0.3) is 11.8 Å². The summed E-state index contributed by atoms with van der Waals surface area (Å²) >= 11 is 0. The molecule has 0 unspecified atom stereocenters. The number of esters is 1. The first-order valence-corrected chi connectivity index (χ1v) is 9.61. The Labute approximate surface area is 176 Å². The van der Waals surface area contributed by atoms with Gasteiger partial charge in [0.05, 0.1) is 12.6 Å². The number of benzene rings is 2. The van der Waals surface area contributed by atoms with Gasteiger partial charge in [0.2, 0.25) is 0 Å². The van der Waals surface area contributed by atoms with Crippen molar-refractivity contribution in [2.45, 2.75) is 26.9 Å². The summed E-state index contributed by atoms with van der Waals surface area (Å²) in [6, 6.07) is 15.8. The van der Waals surface area contributed by atoms with Crippen LogP contribution in [0.5, 0.6) is 5.75 Å². The zero-order valence-electron chi connectivity index (χ0n) is 17.3. The van der Waals surface area contributed by atoms with Crippen molar-refractivity contribution in [1.29, 1.82) is 0 Å². The minimum Gasteiger partial charge on any atom is -0.491 e. The van der Waals surface area contributed by atoms with Gasteiger partial charge in [-0.05, 0) is 49.8 Å². The summed E-state index contributed by atoms with van der Waals surface area (Å²) in [6.45, 7) is 5.33. The molecule has 0 heterocycles. The number of hydrogen-bond donors (Lipinski definition) is 2. The molecule has 30 heavy (non-hydrogen) atoms. The second kappa shape index (κ2) is 11.4. The molecular weight excluding hydrogens is 384 g/mol. The van der Waals surface area contributed by atoms with Gasteiger partial charge in [-0.1, -0.05) is 30.3 Å². The van der Waals surface area contributed by atoms with Crippen LogP contribution in [-0.2, 0) is 14.3 Å². The summed E-state index contributed by atoms with van der Waals surface area (Å²) in [5.41, 5.74) is 1.21. The average molecular weight is 410 g/mol. The van der Waals surface area contributed by atoms with Crippen molar-refractivity contribution in [3.05, 3.63) is 71.4 Å². The molecule has 0 saturated carbocycles. The highest BCUT2D eigenvalue weighted by Gasteiger charge is 2.14. The second-order valence-corrected chi connectivity index (χ2v) is 6.71. The van der Waals surface area contributed by atoms with Crippen LogP contribution < -0.4 is 15.4 Å². The lowest BCUT2D eigenvalue weighted by molar-refractivity contribution is -0.141. The SMILES string of the molecule is CC(=O)OCCNC(=O)C(=Cc1ccc(OC(C)C)cc1)NC(=O)c1ccccc1. The minimum atomic E-state index is -0.492. The van der Waals surface area contributed by atoms with Gasteiger partial charge in [-0.25, -0.2) is 0 Å². The first-order valence-electron chi connectivity index (χ1n) is 9.61. The van der Waals surface area contributed by atoms with Gasteiger partial charge in [-0.15, -0.1) is 0 Å². The maximum atomic E-state index is 12.6. The van der Waals surface area contributed by atoms with Crippen molar-refractivity contribution in [3.8, 4) is 5.75 Å². The van der Waals surface area contributed by atoms with Crippen LogP contribution in [0.15, 0.2) is 60.3 Å². The van der Waals surface area contributed by atoms with Gasteiger partial charge in [0, 0.05) is 12.5 Å². The van der Waals surface area contributed by atoms with Gasteiger partial charge < -0.3 is 20.1 Å². The second-order valence-electron chi connectivity index (χ2n) is 6.71. The Hall–Kier alpha value is -3.61. The fourth-order valence-electron chi connectivity index (χ4n) is 2.48. The van der Waals surface area contributed by atoms with E-state index in [0.29, 0.717) is 16.9 Å². The number of rotatable bonds is 9. The first-order chi connectivity index (χ1) is 14.3. The monoisotopic (exact) mass is 410 g/mol. The molecule has 0 atom stereocenters. The molecule has 2 amide bonds. The van der Waals surface area contributed by atoms with E-state index in [0.717, 1.165) is 0 Å². The molecule has 0 fully saturated rings. The zero-order valence-corrected chi connectivity index (χ0v) is 17.3. The Morgan fingerprint density at radius 1 is 1.00 bits per heavy atom. The van der Waals surface area contributed by atoms with E-state index in [1.807, 2.05) is 13.8 Å². The van der Waals surface area contributed by atoms with Gasteiger partial charge in [-0.2, -0.15) is 0 Å². The van der Waals surface area contributed by atoms with E-state index in [1.54, 1.807) is 60.7 Å². The van der Waals surface area contributed by atoms with E-state index in [4.69, 9.17) is 9.47 Å². The third-order valence-electron chi connectivity index (χ3n) is 3.78. The summed E-state index contributed by atoms with van der Waals surface area (Å²) in [5, 5.41) is 5.28. The van der Waals surface area contributed by atoms with E-state index in [9.17, 15) is 14.4 Å². The fourth-order valence-corrected chi connectivity index (χ4v) is 2.48. The normalized spacial score (nSPS) is 11.0. The summed E-state index contributed by atoms with van der Waals surface area (Å²) in [4.78, 5) is 36.0. The third-order valence-corrected chi connectivity index (χ3v) is 3.78. The molecule has 0 bridgehead atoms. The molecule has 0 spiro atoms. The molecule has 0 aliphatic rings. The molecule has 0 aliphatic carbocycles. The Kier molecular flexibility index (Phi) is 8.62. The van der Waals surface area contributed by atoms with Crippen LogP contribution in [0.4, 0.5) is 0 Å². The lowest BCUT2D eigenvalue weighted by atomic mass is 10.1. The largest absolute Gasteiger partial charge is 0.491 e. The van der Waals surface area contributed by atoms with E-state index in [-0.39, 0.29) is 25.0 Å².